The molecule has 2 amide bonds. The number of carbonyl (C=O) groups excluding carboxylic acids is 1. The summed E-state index contributed by atoms with van der Waals surface area (Å²) >= 11 is 1.66. The molecule has 2 aliphatic heterocycles. The molecular weight excluding hydrogens is 338 g/mol. The summed E-state index contributed by atoms with van der Waals surface area (Å²) in [6, 6.07) is 10.1. The fourth-order valence-electron chi connectivity index (χ4n) is 3.09. The van der Waals surface area contributed by atoms with E-state index in [-0.39, 0.29) is 6.03 Å². The van der Waals surface area contributed by atoms with Crippen LogP contribution in [0.15, 0.2) is 35.7 Å². The standard InChI is InChI=1S/C18H21N3O3S/c22-18(19-11-15-2-1-9-25-15)21-7-5-20(6-8-21)12-14-3-4-16-17(10-14)24-13-23-16/h1-4,9-10H,5-8,11-13H2,(H,19,22). The molecular formula is C18H21N3O3S. The lowest BCUT2D eigenvalue weighted by molar-refractivity contribution is 0.135. The number of thiophene rings is 1. The number of amides is 2. The summed E-state index contributed by atoms with van der Waals surface area (Å²) in [5, 5.41) is 5.02. The van der Waals surface area contributed by atoms with Crippen molar-refractivity contribution in [3.63, 3.8) is 0 Å². The maximum Gasteiger partial charge on any atom is 0.317 e. The lowest BCUT2D eigenvalue weighted by Gasteiger charge is -2.34. The molecule has 0 aliphatic carbocycles. The number of benzene rings is 1. The van der Waals surface area contributed by atoms with E-state index in [9.17, 15) is 4.79 Å². The van der Waals surface area contributed by atoms with Gasteiger partial charge in [-0.25, -0.2) is 4.79 Å². The maximum absolute atomic E-state index is 12.3. The Morgan fingerprint density at radius 1 is 1.12 bits per heavy atom. The number of urea groups is 1. The Hall–Kier alpha value is -2.25. The topological polar surface area (TPSA) is 54.0 Å². The van der Waals surface area contributed by atoms with Crippen LogP contribution in [0.5, 0.6) is 11.5 Å². The number of ether oxygens (including phenoxy) is 2. The van der Waals surface area contributed by atoms with Gasteiger partial charge in [-0.05, 0) is 29.1 Å². The summed E-state index contributed by atoms with van der Waals surface area (Å²) in [5.74, 6) is 1.64. The van der Waals surface area contributed by atoms with E-state index in [2.05, 4.69) is 16.3 Å². The van der Waals surface area contributed by atoms with Crippen LogP contribution < -0.4 is 14.8 Å². The van der Waals surface area contributed by atoms with Crippen molar-refractivity contribution >= 4 is 17.4 Å². The molecule has 1 saturated heterocycles. The molecule has 0 saturated carbocycles. The Labute approximate surface area is 150 Å². The molecule has 0 radical (unpaired) electrons. The molecule has 25 heavy (non-hydrogen) atoms. The van der Waals surface area contributed by atoms with Crippen LogP contribution in [0, 0.1) is 0 Å². The van der Waals surface area contributed by atoms with Crippen LogP contribution in [0.3, 0.4) is 0 Å². The van der Waals surface area contributed by atoms with E-state index >= 15 is 0 Å². The van der Waals surface area contributed by atoms with Crippen LogP contribution in [0.2, 0.25) is 0 Å². The lowest BCUT2D eigenvalue weighted by atomic mass is 10.1. The predicted molar refractivity (Wildman–Crippen MR) is 96.0 cm³/mol. The zero-order valence-electron chi connectivity index (χ0n) is 13.9. The van der Waals surface area contributed by atoms with Gasteiger partial charge < -0.3 is 19.7 Å². The van der Waals surface area contributed by atoms with Crippen molar-refractivity contribution < 1.29 is 14.3 Å². The highest BCUT2D eigenvalue weighted by Crippen LogP contribution is 2.32. The summed E-state index contributed by atoms with van der Waals surface area (Å²) in [6.45, 7) is 5.02. The van der Waals surface area contributed by atoms with Crippen LogP contribution >= 0.6 is 11.3 Å². The van der Waals surface area contributed by atoms with Gasteiger partial charge >= 0.3 is 6.03 Å². The van der Waals surface area contributed by atoms with Crippen molar-refractivity contribution in [1.29, 1.82) is 0 Å². The first-order valence-electron chi connectivity index (χ1n) is 8.44. The highest BCUT2D eigenvalue weighted by molar-refractivity contribution is 7.09. The molecule has 4 rings (SSSR count). The third-order valence-electron chi connectivity index (χ3n) is 4.50. The average Bonchev–Trinajstić information content (AvgIpc) is 3.31. The second kappa shape index (κ2) is 7.33. The molecule has 7 heteroatoms. The van der Waals surface area contributed by atoms with Gasteiger partial charge in [0.2, 0.25) is 6.79 Å². The van der Waals surface area contributed by atoms with Crippen molar-refractivity contribution in [2.45, 2.75) is 13.1 Å². The first-order chi connectivity index (χ1) is 12.3. The van der Waals surface area contributed by atoms with Crippen molar-refractivity contribution in [2.75, 3.05) is 33.0 Å². The minimum Gasteiger partial charge on any atom is -0.454 e. The molecule has 0 atom stereocenters. The second-order valence-electron chi connectivity index (χ2n) is 6.19. The van der Waals surface area contributed by atoms with Gasteiger partial charge in [0.15, 0.2) is 11.5 Å². The van der Waals surface area contributed by atoms with Crippen molar-refractivity contribution in [2.24, 2.45) is 0 Å². The van der Waals surface area contributed by atoms with E-state index in [0.29, 0.717) is 13.3 Å². The number of hydrogen-bond acceptors (Lipinski definition) is 5. The summed E-state index contributed by atoms with van der Waals surface area (Å²) in [5.41, 5.74) is 1.21. The van der Waals surface area contributed by atoms with Crippen LogP contribution in [0.1, 0.15) is 10.4 Å². The van der Waals surface area contributed by atoms with Crippen LogP contribution in [0.4, 0.5) is 4.79 Å². The Kier molecular flexibility index (Phi) is 4.76. The van der Waals surface area contributed by atoms with Gasteiger partial charge in [0.05, 0.1) is 6.54 Å². The number of nitrogens with one attached hydrogen (secondary N) is 1. The molecule has 0 unspecified atom stereocenters. The fraction of sp³-hybridized carbons (Fsp3) is 0.389. The third kappa shape index (κ3) is 3.88. The Morgan fingerprint density at radius 3 is 2.76 bits per heavy atom. The first kappa shape index (κ1) is 16.2. The largest absolute Gasteiger partial charge is 0.454 e. The van der Waals surface area contributed by atoms with E-state index in [1.165, 1.54) is 10.4 Å². The smallest absolute Gasteiger partial charge is 0.317 e. The SMILES string of the molecule is O=C(NCc1cccs1)N1CCN(Cc2ccc3c(c2)OCO3)CC1. The minimum atomic E-state index is 0.0242. The van der Waals surface area contributed by atoms with Gasteiger partial charge in [-0.3, -0.25) is 4.90 Å². The zero-order valence-corrected chi connectivity index (χ0v) is 14.8. The Bertz CT molecular complexity index is 727. The number of rotatable bonds is 4. The number of hydrogen-bond donors (Lipinski definition) is 1. The number of piperazine rings is 1. The molecule has 0 spiro atoms. The highest BCUT2D eigenvalue weighted by atomic mass is 32.1. The Morgan fingerprint density at radius 2 is 1.96 bits per heavy atom. The van der Waals surface area contributed by atoms with E-state index in [4.69, 9.17) is 9.47 Å². The second-order valence-corrected chi connectivity index (χ2v) is 7.22. The molecule has 1 fully saturated rings. The van der Waals surface area contributed by atoms with Gasteiger partial charge in [0.25, 0.3) is 0 Å². The molecule has 2 aromatic rings. The molecule has 3 heterocycles. The Balaban J connectivity index is 1.24. The molecule has 0 bridgehead atoms. The molecule has 2 aliphatic rings. The monoisotopic (exact) mass is 359 g/mol. The quantitative estimate of drug-likeness (QED) is 0.911. The van der Waals surface area contributed by atoms with Gasteiger partial charge in [-0.1, -0.05) is 12.1 Å². The van der Waals surface area contributed by atoms with Crippen LogP contribution in [0.25, 0.3) is 0 Å². The lowest BCUT2D eigenvalue weighted by Crippen LogP contribution is -2.51. The van der Waals surface area contributed by atoms with Crippen LogP contribution in [-0.4, -0.2) is 48.8 Å². The first-order valence-corrected chi connectivity index (χ1v) is 9.32. The molecule has 1 N–H and O–H groups in total. The van der Waals surface area contributed by atoms with E-state index in [1.807, 2.05) is 34.5 Å². The molecule has 1 aromatic carbocycles. The molecule has 1 aromatic heterocycles. The highest BCUT2D eigenvalue weighted by Gasteiger charge is 2.21. The van der Waals surface area contributed by atoms with Gasteiger partial charge in [0, 0.05) is 37.6 Å². The van der Waals surface area contributed by atoms with Crippen molar-refractivity contribution in [1.82, 2.24) is 15.1 Å². The number of carbonyl (C=O) groups is 1. The van der Waals surface area contributed by atoms with E-state index < -0.39 is 0 Å². The van der Waals surface area contributed by atoms with Crippen molar-refractivity contribution in [3.8, 4) is 11.5 Å². The minimum absolute atomic E-state index is 0.0242. The summed E-state index contributed by atoms with van der Waals surface area (Å²) in [4.78, 5) is 17.7. The fourth-order valence-corrected chi connectivity index (χ4v) is 3.74. The van der Waals surface area contributed by atoms with Crippen LogP contribution in [-0.2, 0) is 13.1 Å². The molecule has 6 nitrogen and oxygen atoms in total. The van der Waals surface area contributed by atoms with E-state index in [1.54, 1.807) is 11.3 Å². The van der Waals surface area contributed by atoms with Gasteiger partial charge in [-0.2, -0.15) is 0 Å². The maximum atomic E-state index is 12.3. The van der Waals surface area contributed by atoms with Crippen molar-refractivity contribution in [3.05, 3.63) is 46.2 Å². The number of nitrogens with zero attached hydrogens (tertiary/aromatic N) is 2. The predicted octanol–water partition coefficient (Wildman–Crippen LogP) is 2.50. The van der Waals surface area contributed by atoms with Gasteiger partial charge in [0.1, 0.15) is 0 Å². The zero-order chi connectivity index (χ0) is 17.1. The summed E-state index contributed by atoms with van der Waals surface area (Å²) in [7, 11) is 0. The molecule has 132 valence electrons. The third-order valence-corrected chi connectivity index (χ3v) is 5.37. The van der Waals surface area contributed by atoms with Gasteiger partial charge in [-0.15, -0.1) is 11.3 Å². The number of fused-ring (bicyclic) bond motifs is 1. The summed E-state index contributed by atoms with van der Waals surface area (Å²) in [6.07, 6.45) is 0. The average molecular weight is 359 g/mol. The summed E-state index contributed by atoms with van der Waals surface area (Å²) < 4.78 is 10.8. The normalized spacial score (nSPS) is 16.9. The van der Waals surface area contributed by atoms with E-state index in [0.717, 1.165) is 44.2 Å².